The second-order valence-electron chi connectivity index (χ2n) is 3.03. The minimum absolute atomic E-state index is 0.211. The average Bonchev–Trinajstić information content (AvgIpc) is 1.92. The molecule has 1 fully saturated rings. The predicted octanol–water partition coefficient (Wildman–Crippen LogP) is 1.21. The summed E-state index contributed by atoms with van der Waals surface area (Å²) in [4.78, 5) is 11.9. The van der Waals surface area contributed by atoms with Crippen LogP contribution >= 0.6 is 0 Å². The summed E-state index contributed by atoms with van der Waals surface area (Å²) in [7, 11) is 1.39. The summed E-state index contributed by atoms with van der Waals surface area (Å²) in [5.41, 5.74) is 0. The van der Waals surface area contributed by atoms with E-state index in [1.807, 2.05) is 0 Å². The highest BCUT2D eigenvalue weighted by molar-refractivity contribution is 5.80. The lowest BCUT2D eigenvalue weighted by Crippen LogP contribution is -2.48. The van der Waals surface area contributed by atoms with E-state index in [0.717, 1.165) is 0 Å². The van der Waals surface area contributed by atoms with Crippen LogP contribution in [0.1, 0.15) is 12.8 Å². The fourth-order valence-corrected chi connectivity index (χ4v) is 1.30. The molecule has 0 bridgehead atoms. The lowest BCUT2D eigenvalue weighted by atomic mass is 10.0. The van der Waals surface area contributed by atoms with Crippen molar-refractivity contribution in [3.8, 4) is 0 Å². The van der Waals surface area contributed by atoms with E-state index in [9.17, 15) is 18.0 Å². The second-order valence-corrected chi connectivity index (χ2v) is 3.03. The Morgan fingerprint density at radius 3 is 2.50 bits per heavy atom. The first-order valence-corrected chi connectivity index (χ1v) is 3.70. The number of hydrogen-bond donors (Lipinski definition) is 0. The van der Waals surface area contributed by atoms with Crippen molar-refractivity contribution in [3.63, 3.8) is 0 Å². The van der Waals surface area contributed by atoms with Crippen LogP contribution in [0.15, 0.2) is 0 Å². The first-order chi connectivity index (χ1) is 5.41. The van der Waals surface area contributed by atoms with Crippen molar-refractivity contribution in [2.75, 3.05) is 13.6 Å². The predicted molar refractivity (Wildman–Crippen MR) is 36.7 cm³/mol. The molecule has 1 aliphatic rings. The van der Waals surface area contributed by atoms with Crippen molar-refractivity contribution in [1.29, 1.82) is 0 Å². The molecule has 1 rings (SSSR count). The Morgan fingerprint density at radius 2 is 2.08 bits per heavy atom. The molecule has 5 heteroatoms. The van der Waals surface area contributed by atoms with Crippen molar-refractivity contribution in [2.45, 2.75) is 25.1 Å². The summed E-state index contributed by atoms with van der Waals surface area (Å²) >= 11 is 0. The van der Waals surface area contributed by atoms with Crippen LogP contribution in [0.25, 0.3) is 0 Å². The maximum atomic E-state index is 12.2. The topological polar surface area (TPSA) is 20.3 Å². The number of piperidine rings is 1. The number of carbonyl (C=O) groups is 1. The number of likely N-dealkylation sites (tertiary alicyclic amines) is 1. The largest absolute Gasteiger partial charge is 0.404 e. The first-order valence-electron chi connectivity index (χ1n) is 3.70. The van der Waals surface area contributed by atoms with Gasteiger partial charge < -0.3 is 0 Å². The fraction of sp³-hybridized carbons (Fsp3) is 0.857. The van der Waals surface area contributed by atoms with Crippen molar-refractivity contribution in [2.24, 2.45) is 0 Å². The highest BCUT2D eigenvalue weighted by atomic mass is 19.4. The number of ketones is 1. The average molecular weight is 181 g/mol. The van der Waals surface area contributed by atoms with E-state index in [0.29, 0.717) is 0 Å². The normalized spacial score (nSPS) is 27.7. The Hall–Kier alpha value is -0.580. The third-order valence-corrected chi connectivity index (χ3v) is 2.07. The Bertz CT molecular complexity index is 190. The smallest absolute Gasteiger partial charge is 0.300 e. The Labute approximate surface area is 68.3 Å². The molecule has 0 aromatic rings. The molecular weight excluding hydrogens is 171 g/mol. The molecule has 0 spiro atoms. The third kappa shape index (κ3) is 1.97. The number of alkyl halides is 3. The summed E-state index contributed by atoms with van der Waals surface area (Å²) in [5.74, 6) is -0.296. The van der Waals surface area contributed by atoms with Gasteiger partial charge >= 0.3 is 6.18 Å². The molecule has 1 atom stereocenters. The molecule has 0 saturated carbocycles. The standard InChI is InChI=1S/C7H10F3NO/c1-11-3-2-5(12)4-6(11)7(8,9)10/h6H,2-4H2,1H3. The number of halogens is 3. The maximum Gasteiger partial charge on any atom is 0.404 e. The molecule has 0 aromatic heterocycles. The fourth-order valence-electron chi connectivity index (χ4n) is 1.30. The summed E-state index contributed by atoms with van der Waals surface area (Å²) in [6.45, 7) is 0.211. The molecule has 1 aliphatic heterocycles. The van der Waals surface area contributed by atoms with Crippen molar-refractivity contribution in [1.82, 2.24) is 4.90 Å². The number of hydrogen-bond acceptors (Lipinski definition) is 2. The molecule has 70 valence electrons. The van der Waals surface area contributed by atoms with Gasteiger partial charge in [0.25, 0.3) is 0 Å². The second kappa shape index (κ2) is 3.05. The molecule has 1 saturated heterocycles. The molecule has 0 aliphatic carbocycles. The quantitative estimate of drug-likeness (QED) is 0.560. The van der Waals surface area contributed by atoms with Gasteiger partial charge in [-0.1, -0.05) is 0 Å². The van der Waals surface area contributed by atoms with Gasteiger partial charge in [-0.05, 0) is 7.05 Å². The summed E-state index contributed by atoms with van der Waals surface area (Å²) < 4.78 is 36.5. The van der Waals surface area contributed by atoms with Crippen LogP contribution in [0.2, 0.25) is 0 Å². The Kier molecular flexibility index (Phi) is 2.41. The van der Waals surface area contributed by atoms with Gasteiger partial charge in [-0.2, -0.15) is 13.2 Å². The van der Waals surface area contributed by atoms with E-state index in [2.05, 4.69) is 0 Å². The van der Waals surface area contributed by atoms with Crippen LogP contribution in [0.5, 0.6) is 0 Å². The first kappa shape index (κ1) is 9.51. The SMILES string of the molecule is CN1CCC(=O)CC1C(F)(F)F. The maximum absolute atomic E-state index is 12.2. The van der Waals surface area contributed by atoms with E-state index in [1.54, 1.807) is 0 Å². The Balaban J connectivity index is 2.67. The van der Waals surface area contributed by atoms with E-state index in [-0.39, 0.29) is 25.2 Å². The van der Waals surface area contributed by atoms with Gasteiger partial charge in [0, 0.05) is 19.4 Å². The van der Waals surface area contributed by atoms with Crippen molar-refractivity contribution < 1.29 is 18.0 Å². The van der Waals surface area contributed by atoms with Crippen molar-refractivity contribution in [3.05, 3.63) is 0 Å². The minimum Gasteiger partial charge on any atom is -0.300 e. The zero-order chi connectivity index (χ0) is 9.35. The molecule has 0 N–H and O–H groups in total. The molecule has 12 heavy (non-hydrogen) atoms. The van der Waals surface area contributed by atoms with Gasteiger partial charge in [-0.25, -0.2) is 0 Å². The molecule has 0 amide bonds. The van der Waals surface area contributed by atoms with Crippen LogP contribution in [0, 0.1) is 0 Å². The molecule has 1 unspecified atom stereocenters. The molecular formula is C7H10F3NO. The number of nitrogens with zero attached hydrogens (tertiary/aromatic N) is 1. The molecule has 2 nitrogen and oxygen atoms in total. The lowest BCUT2D eigenvalue weighted by molar-refractivity contribution is -0.188. The highest BCUT2D eigenvalue weighted by Crippen LogP contribution is 2.29. The van der Waals surface area contributed by atoms with Gasteiger partial charge in [0.2, 0.25) is 0 Å². The van der Waals surface area contributed by atoms with Crippen LogP contribution in [-0.2, 0) is 4.79 Å². The zero-order valence-corrected chi connectivity index (χ0v) is 6.69. The van der Waals surface area contributed by atoms with E-state index in [4.69, 9.17) is 0 Å². The monoisotopic (exact) mass is 181 g/mol. The Morgan fingerprint density at radius 1 is 1.50 bits per heavy atom. The molecule has 0 radical (unpaired) electrons. The minimum atomic E-state index is -4.27. The van der Waals surface area contributed by atoms with E-state index < -0.39 is 12.2 Å². The van der Waals surface area contributed by atoms with Crippen LogP contribution in [0.3, 0.4) is 0 Å². The number of carbonyl (C=O) groups excluding carboxylic acids is 1. The molecule has 0 aromatic carbocycles. The van der Waals surface area contributed by atoms with Crippen LogP contribution in [-0.4, -0.2) is 36.5 Å². The van der Waals surface area contributed by atoms with Crippen LogP contribution < -0.4 is 0 Å². The van der Waals surface area contributed by atoms with E-state index >= 15 is 0 Å². The summed E-state index contributed by atoms with van der Waals surface area (Å²) in [6.07, 6.45) is -4.42. The highest BCUT2D eigenvalue weighted by Gasteiger charge is 2.44. The van der Waals surface area contributed by atoms with Gasteiger partial charge in [-0.15, -0.1) is 0 Å². The zero-order valence-electron chi connectivity index (χ0n) is 6.69. The van der Waals surface area contributed by atoms with E-state index in [1.165, 1.54) is 11.9 Å². The lowest BCUT2D eigenvalue weighted by Gasteiger charge is -2.32. The van der Waals surface area contributed by atoms with Gasteiger partial charge in [0.1, 0.15) is 11.8 Å². The van der Waals surface area contributed by atoms with Crippen LogP contribution in [0.4, 0.5) is 13.2 Å². The molecule has 1 heterocycles. The van der Waals surface area contributed by atoms with Crippen molar-refractivity contribution >= 4 is 5.78 Å². The number of rotatable bonds is 0. The summed E-state index contributed by atoms with van der Waals surface area (Å²) in [5, 5.41) is 0. The van der Waals surface area contributed by atoms with Gasteiger partial charge in [0.15, 0.2) is 0 Å². The third-order valence-electron chi connectivity index (χ3n) is 2.07. The number of Topliss-reactive ketones (excluding diaryl/α,β-unsaturated/α-hetero) is 1. The van der Waals surface area contributed by atoms with Gasteiger partial charge in [0.05, 0.1) is 0 Å². The van der Waals surface area contributed by atoms with Gasteiger partial charge in [-0.3, -0.25) is 9.69 Å². The summed E-state index contributed by atoms with van der Waals surface area (Å²) in [6, 6.07) is -1.57.